The summed E-state index contributed by atoms with van der Waals surface area (Å²) in [5.41, 5.74) is 5.80. The Labute approximate surface area is 144 Å². The van der Waals surface area contributed by atoms with Crippen molar-refractivity contribution >= 4 is 27.4 Å². The van der Waals surface area contributed by atoms with Gasteiger partial charge < -0.3 is 15.6 Å². The molecule has 0 radical (unpaired) electrons. The van der Waals surface area contributed by atoms with Crippen LogP contribution >= 0.6 is 0 Å². The summed E-state index contributed by atoms with van der Waals surface area (Å²) in [6.45, 7) is 0. The van der Waals surface area contributed by atoms with Crippen LogP contribution in [-0.4, -0.2) is 18.9 Å². The molecule has 2 rings (SSSR count). The Morgan fingerprint density at radius 1 is 1.05 bits per heavy atom. The van der Waals surface area contributed by atoms with Crippen molar-refractivity contribution in [2.75, 3.05) is 11.1 Å². The summed E-state index contributed by atoms with van der Waals surface area (Å²) >= 11 is 0. The smallest absolute Gasteiger partial charge is 0.744 e. The molecule has 2 aromatic carbocycles. The molecule has 1 amide bonds. The molecule has 0 aliphatic carbocycles. The molecule has 2 aromatic rings. The van der Waals surface area contributed by atoms with Gasteiger partial charge in [0.15, 0.2) is 0 Å². The molecule has 0 saturated heterocycles. The van der Waals surface area contributed by atoms with Gasteiger partial charge in [0, 0.05) is 5.56 Å². The van der Waals surface area contributed by atoms with Gasteiger partial charge in [0.25, 0.3) is 5.91 Å². The molecule has 0 heterocycles. The fraction of sp³-hybridized carbons (Fsp3) is 0. The minimum Gasteiger partial charge on any atom is -0.744 e. The van der Waals surface area contributed by atoms with E-state index in [1.165, 1.54) is 12.1 Å². The van der Waals surface area contributed by atoms with Gasteiger partial charge in [-0.15, -0.1) is 0 Å². The molecular formula is C13H11N2NaO4S. The molecule has 0 fully saturated rings. The van der Waals surface area contributed by atoms with Crippen molar-refractivity contribution in [1.29, 1.82) is 0 Å². The first-order chi connectivity index (χ1) is 9.39. The van der Waals surface area contributed by atoms with E-state index in [-0.39, 0.29) is 40.9 Å². The van der Waals surface area contributed by atoms with Crippen molar-refractivity contribution in [3.05, 3.63) is 54.1 Å². The van der Waals surface area contributed by atoms with Crippen molar-refractivity contribution in [3.63, 3.8) is 0 Å². The zero-order chi connectivity index (χ0) is 14.8. The number of anilines is 2. The number of nitrogen functional groups attached to an aromatic ring is 1. The summed E-state index contributed by atoms with van der Waals surface area (Å²) in [5, 5.41) is 2.47. The fourth-order valence-electron chi connectivity index (χ4n) is 1.66. The Balaban J connectivity index is 0.00000220. The third-order valence-electron chi connectivity index (χ3n) is 2.62. The average molecular weight is 314 g/mol. The number of hydrogen-bond donors (Lipinski definition) is 2. The number of hydrogen-bond acceptors (Lipinski definition) is 5. The number of para-hydroxylation sites is 1. The summed E-state index contributed by atoms with van der Waals surface area (Å²) in [6.07, 6.45) is 0. The number of carbonyl (C=O) groups is 1. The number of rotatable bonds is 3. The van der Waals surface area contributed by atoms with Crippen LogP contribution in [0.15, 0.2) is 53.4 Å². The third kappa shape index (κ3) is 4.29. The maximum atomic E-state index is 11.9. The van der Waals surface area contributed by atoms with Crippen LogP contribution in [-0.2, 0) is 10.1 Å². The van der Waals surface area contributed by atoms with Crippen LogP contribution in [0, 0.1) is 0 Å². The number of nitrogens with two attached hydrogens (primary N) is 1. The molecule has 3 N–H and O–H groups in total. The van der Waals surface area contributed by atoms with Crippen molar-refractivity contribution in [3.8, 4) is 0 Å². The van der Waals surface area contributed by atoms with Crippen LogP contribution in [0.4, 0.5) is 11.4 Å². The molecule has 0 atom stereocenters. The molecule has 0 aromatic heterocycles. The quantitative estimate of drug-likeness (QED) is 0.404. The Hall–Kier alpha value is -1.38. The number of carbonyl (C=O) groups excluding carboxylic acids is 1. The van der Waals surface area contributed by atoms with Crippen molar-refractivity contribution in [2.45, 2.75) is 4.90 Å². The summed E-state index contributed by atoms with van der Waals surface area (Å²) in [6, 6.07) is 12.2. The number of benzene rings is 2. The summed E-state index contributed by atoms with van der Waals surface area (Å²) in [4.78, 5) is 11.4. The van der Waals surface area contributed by atoms with Crippen LogP contribution in [0.1, 0.15) is 10.4 Å². The molecule has 0 aliphatic heterocycles. The maximum Gasteiger partial charge on any atom is 1.00 e. The summed E-state index contributed by atoms with van der Waals surface area (Å²) in [7, 11) is -4.68. The monoisotopic (exact) mass is 314 g/mol. The van der Waals surface area contributed by atoms with Crippen molar-refractivity contribution in [1.82, 2.24) is 0 Å². The van der Waals surface area contributed by atoms with E-state index in [0.717, 1.165) is 6.07 Å². The predicted octanol–water partition coefficient (Wildman–Crippen LogP) is -1.57. The van der Waals surface area contributed by atoms with E-state index in [2.05, 4.69) is 5.32 Å². The Bertz CT molecular complexity index is 748. The Kier molecular flexibility index (Phi) is 5.94. The molecule has 104 valence electrons. The van der Waals surface area contributed by atoms with Gasteiger partial charge in [-0.25, -0.2) is 8.42 Å². The molecule has 0 saturated carbocycles. The summed E-state index contributed by atoms with van der Waals surface area (Å²) < 4.78 is 33.0. The Morgan fingerprint density at radius 2 is 1.67 bits per heavy atom. The normalized spacial score (nSPS) is 10.5. The number of amides is 1. The van der Waals surface area contributed by atoms with E-state index in [9.17, 15) is 17.8 Å². The van der Waals surface area contributed by atoms with Gasteiger partial charge in [-0.1, -0.05) is 24.3 Å². The maximum absolute atomic E-state index is 11.9. The second-order valence-electron chi connectivity index (χ2n) is 3.99. The first kappa shape index (κ1) is 17.7. The van der Waals surface area contributed by atoms with Gasteiger partial charge in [-0.3, -0.25) is 4.79 Å². The van der Waals surface area contributed by atoms with Crippen LogP contribution in [0.2, 0.25) is 0 Å². The third-order valence-corrected chi connectivity index (χ3v) is 3.51. The topological polar surface area (TPSA) is 112 Å². The molecule has 21 heavy (non-hydrogen) atoms. The van der Waals surface area contributed by atoms with E-state index in [1.807, 2.05) is 0 Å². The van der Waals surface area contributed by atoms with E-state index in [4.69, 9.17) is 5.73 Å². The van der Waals surface area contributed by atoms with Gasteiger partial charge in [-0.2, -0.15) is 0 Å². The van der Waals surface area contributed by atoms with E-state index >= 15 is 0 Å². The second kappa shape index (κ2) is 7.06. The summed E-state index contributed by atoms with van der Waals surface area (Å²) in [5.74, 6) is -0.447. The minimum absolute atomic E-state index is 0. The van der Waals surface area contributed by atoms with Crippen molar-refractivity contribution in [2.24, 2.45) is 0 Å². The zero-order valence-electron chi connectivity index (χ0n) is 11.2. The average Bonchev–Trinajstić information content (AvgIpc) is 2.40. The first-order valence-electron chi connectivity index (χ1n) is 5.60. The van der Waals surface area contributed by atoms with Crippen LogP contribution in [0.5, 0.6) is 0 Å². The molecule has 0 spiro atoms. The zero-order valence-corrected chi connectivity index (χ0v) is 14.1. The van der Waals surface area contributed by atoms with Crippen LogP contribution in [0.25, 0.3) is 0 Å². The fourth-order valence-corrected chi connectivity index (χ4v) is 2.28. The molecule has 0 bridgehead atoms. The van der Waals surface area contributed by atoms with Gasteiger partial charge in [-0.05, 0) is 24.3 Å². The predicted molar refractivity (Wildman–Crippen MR) is 73.2 cm³/mol. The molecule has 8 heteroatoms. The first-order valence-corrected chi connectivity index (χ1v) is 7.01. The van der Waals surface area contributed by atoms with Gasteiger partial charge in [0.2, 0.25) is 0 Å². The molecule has 0 aliphatic rings. The number of nitrogens with one attached hydrogen (secondary N) is 1. The van der Waals surface area contributed by atoms with Crippen LogP contribution in [0.3, 0.4) is 0 Å². The SMILES string of the molecule is Nc1c(NC(=O)c2ccccc2)cccc1S(=O)(=O)[O-].[Na+]. The molecule has 6 nitrogen and oxygen atoms in total. The van der Waals surface area contributed by atoms with E-state index in [0.29, 0.717) is 5.56 Å². The molecule has 0 unspecified atom stereocenters. The van der Waals surface area contributed by atoms with Crippen LogP contribution < -0.4 is 40.6 Å². The standard InChI is InChI=1S/C13H12N2O4S.Na/c14-12-10(7-4-8-11(12)20(17,18)19)15-13(16)9-5-2-1-3-6-9;/h1-8H,14H2,(H,15,16)(H,17,18,19);/q;+1/p-1. The van der Waals surface area contributed by atoms with Gasteiger partial charge >= 0.3 is 29.6 Å². The van der Waals surface area contributed by atoms with E-state index < -0.39 is 20.9 Å². The second-order valence-corrected chi connectivity index (χ2v) is 5.34. The Morgan fingerprint density at radius 3 is 2.24 bits per heavy atom. The largest absolute Gasteiger partial charge is 1.00 e. The molecular weight excluding hydrogens is 303 g/mol. The minimum atomic E-state index is -4.68. The van der Waals surface area contributed by atoms with Crippen molar-refractivity contribution < 1.29 is 47.3 Å². The van der Waals surface area contributed by atoms with Gasteiger partial charge in [0.1, 0.15) is 10.1 Å². The van der Waals surface area contributed by atoms with E-state index in [1.54, 1.807) is 30.3 Å². The van der Waals surface area contributed by atoms with Gasteiger partial charge in [0.05, 0.1) is 16.3 Å².